The fourth-order valence-corrected chi connectivity index (χ4v) is 4.43. The SMILES string of the molecule is CCCCCCCCCCCCCCCCCC(C)(C)NCCC[Si](O)(O)O.I. The normalized spacial score (nSPS) is 12.2. The van der Waals surface area contributed by atoms with Crippen molar-refractivity contribution in [2.75, 3.05) is 6.54 Å². The Kier molecular flexibility index (Phi) is 22.8. The molecule has 4 nitrogen and oxygen atoms in total. The van der Waals surface area contributed by atoms with Crippen LogP contribution in [-0.2, 0) is 0 Å². The minimum Gasteiger partial charge on any atom is -0.390 e. The first kappa shape index (κ1) is 32.0. The van der Waals surface area contributed by atoms with Crippen molar-refractivity contribution < 1.29 is 14.4 Å². The fraction of sp³-hybridized carbons (Fsp3) is 1.00. The maximum absolute atomic E-state index is 9.02. The van der Waals surface area contributed by atoms with Gasteiger partial charge in [0.15, 0.2) is 0 Å². The van der Waals surface area contributed by atoms with E-state index in [0.717, 1.165) is 13.0 Å². The van der Waals surface area contributed by atoms with Crippen LogP contribution in [0.15, 0.2) is 0 Å². The minimum absolute atomic E-state index is 0. The van der Waals surface area contributed by atoms with Crippen molar-refractivity contribution in [3.05, 3.63) is 0 Å². The molecule has 0 aromatic heterocycles. The Labute approximate surface area is 200 Å². The van der Waals surface area contributed by atoms with Crippen LogP contribution >= 0.6 is 24.0 Å². The Balaban J connectivity index is 0. The van der Waals surface area contributed by atoms with Gasteiger partial charge in [0.05, 0.1) is 0 Å². The Hall–Kier alpha value is 0.787. The van der Waals surface area contributed by atoms with Gasteiger partial charge in [0.25, 0.3) is 0 Å². The van der Waals surface area contributed by atoms with Gasteiger partial charge in [0, 0.05) is 11.6 Å². The van der Waals surface area contributed by atoms with E-state index in [4.69, 9.17) is 14.4 Å². The standard InChI is InChI=1S/C23H51NO3Si.HI/c1-4-5-6-7-8-9-10-11-12-13-14-15-16-17-18-20-23(2,3)24-21-19-22-28(25,26)27;/h24-27H,4-22H2,1-3H3;1H. The molecule has 0 rings (SSSR count). The Morgan fingerprint density at radius 1 is 0.621 bits per heavy atom. The Morgan fingerprint density at radius 2 is 1.00 bits per heavy atom. The molecule has 0 aliphatic heterocycles. The summed E-state index contributed by atoms with van der Waals surface area (Å²) >= 11 is 0. The quantitative estimate of drug-likeness (QED) is 0.0751. The number of hydrogen-bond donors (Lipinski definition) is 4. The molecule has 0 aromatic rings. The van der Waals surface area contributed by atoms with Crippen LogP contribution in [0.3, 0.4) is 0 Å². The van der Waals surface area contributed by atoms with Gasteiger partial charge in [0.2, 0.25) is 0 Å². The zero-order valence-corrected chi connectivity index (χ0v) is 23.0. The molecule has 0 spiro atoms. The first-order chi connectivity index (χ1) is 13.3. The van der Waals surface area contributed by atoms with Gasteiger partial charge in [-0.15, -0.1) is 24.0 Å². The van der Waals surface area contributed by atoms with E-state index in [1.165, 1.54) is 96.3 Å². The summed E-state index contributed by atoms with van der Waals surface area (Å²) in [6, 6.07) is 0.120. The van der Waals surface area contributed by atoms with Crippen molar-refractivity contribution in [2.24, 2.45) is 0 Å². The van der Waals surface area contributed by atoms with E-state index < -0.39 is 8.80 Å². The molecule has 0 heterocycles. The van der Waals surface area contributed by atoms with Gasteiger partial charge >= 0.3 is 8.80 Å². The summed E-state index contributed by atoms with van der Waals surface area (Å²) in [5.41, 5.74) is 0.0844. The molecule has 0 atom stereocenters. The van der Waals surface area contributed by atoms with Crippen LogP contribution in [0.25, 0.3) is 0 Å². The monoisotopic (exact) mass is 545 g/mol. The highest BCUT2D eigenvalue weighted by Crippen LogP contribution is 2.17. The number of hydrogen-bond acceptors (Lipinski definition) is 4. The second-order valence-corrected chi connectivity index (χ2v) is 11.4. The molecule has 0 radical (unpaired) electrons. The van der Waals surface area contributed by atoms with Gasteiger partial charge in [-0.1, -0.05) is 103 Å². The van der Waals surface area contributed by atoms with Gasteiger partial charge in [-0.2, -0.15) is 0 Å². The molecule has 0 fully saturated rings. The molecule has 6 heteroatoms. The lowest BCUT2D eigenvalue weighted by atomic mass is 9.95. The van der Waals surface area contributed by atoms with Crippen molar-refractivity contribution in [2.45, 2.75) is 142 Å². The lowest BCUT2D eigenvalue weighted by molar-refractivity contribution is 0.225. The van der Waals surface area contributed by atoms with Crippen LogP contribution in [0.4, 0.5) is 0 Å². The van der Waals surface area contributed by atoms with Crippen molar-refractivity contribution in [1.82, 2.24) is 5.32 Å². The van der Waals surface area contributed by atoms with Crippen LogP contribution in [-0.4, -0.2) is 35.3 Å². The average molecular weight is 546 g/mol. The highest BCUT2D eigenvalue weighted by atomic mass is 127. The Bertz CT molecular complexity index is 339. The fourth-order valence-electron chi connectivity index (χ4n) is 3.78. The summed E-state index contributed by atoms with van der Waals surface area (Å²) in [4.78, 5) is 27.1. The molecule has 0 aliphatic rings. The first-order valence-corrected chi connectivity index (χ1v) is 14.2. The summed E-state index contributed by atoms with van der Waals surface area (Å²) in [5.74, 6) is 0. The summed E-state index contributed by atoms with van der Waals surface area (Å²) in [7, 11) is -3.86. The molecule has 0 aromatic carbocycles. The average Bonchev–Trinajstić information content (AvgIpc) is 2.61. The van der Waals surface area contributed by atoms with Gasteiger partial charge in [0.1, 0.15) is 0 Å². The van der Waals surface area contributed by atoms with E-state index in [9.17, 15) is 0 Å². The van der Waals surface area contributed by atoms with Gasteiger partial charge in [-0.25, -0.2) is 0 Å². The van der Waals surface area contributed by atoms with Crippen molar-refractivity contribution in [3.63, 3.8) is 0 Å². The van der Waals surface area contributed by atoms with E-state index >= 15 is 0 Å². The van der Waals surface area contributed by atoms with E-state index in [1.54, 1.807) is 0 Å². The molecule has 0 aliphatic carbocycles. The number of halogens is 1. The molecule has 0 unspecified atom stereocenters. The summed E-state index contributed by atoms with van der Waals surface area (Å²) in [6.45, 7) is 7.42. The molecule has 178 valence electrons. The van der Waals surface area contributed by atoms with Crippen molar-refractivity contribution >= 4 is 32.8 Å². The second-order valence-electron chi connectivity index (χ2n) is 9.39. The largest absolute Gasteiger partial charge is 0.492 e. The molecule has 4 N–H and O–H groups in total. The molecular formula is C23H52INO3Si. The molecule has 0 saturated heterocycles. The van der Waals surface area contributed by atoms with Crippen LogP contribution in [0.5, 0.6) is 0 Å². The third-order valence-corrected chi connectivity index (χ3v) is 6.72. The van der Waals surface area contributed by atoms with Crippen LogP contribution < -0.4 is 5.32 Å². The summed E-state index contributed by atoms with van der Waals surface area (Å²) < 4.78 is 0. The van der Waals surface area contributed by atoms with Gasteiger partial charge in [-0.3, -0.25) is 0 Å². The van der Waals surface area contributed by atoms with E-state index in [-0.39, 0.29) is 35.6 Å². The maximum Gasteiger partial charge on any atom is 0.492 e. The number of nitrogens with one attached hydrogen (secondary N) is 1. The minimum atomic E-state index is -3.86. The van der Waals surface area contributed by atoms with Crippen LogP contribution in [0.2, 0.25) is 6.04 Å². The number of unbranched alkanes of at least 4 members (excludes halogenated alkanes) is 14. The first-order valence-electron chi connectivity index (χ1n) is 12.2. The van der Waals surface area contributed by atoms with Gasteiger partial charge in [-0.05, 0) is 33.2 Å². The van der Waals surface area contributed by atoms with Crippen LogP contribution in [0, 0.1) is 0 Å². The van der Waals surface area contributed by atoms with E-state index in [1.807, 2.05) is 0 Å². The van der Waals surface area contributed by atoms with E-state index in [2.05, 4.69) is 26.1 Å². The lowest BCUT2D eigenvalue weighted by Crippen LogP contribution is -2.41. The third kappa shape index (κ3) is 26.8. The maximum atomic E-state index is 9.02. The topological polar surface area (TPSA) is 72.7 Å². The number of rotatable bonds is 21. The smallest absolute Gasteiger partial charge is 0.390 e. The lowest BCUT2D eigenvalue weighted by Gasteiger charge is -2.26. The van der Waals surface area contributed by atoms with E-state index in [0.29, 0.717) is 6.42 Å². The Morgan fingerprint density at radius 3 is 1.38 bits per heavy atom. The van der Waals surface area contributed by atoms with Crippen molar-refractivity contribution in [3.8, 4) is 0 Å². The van der Waals surface area contributed by atoms with Crippen molar-refractivity contribution in [1.29, 1.82) is 0 Å². The molecule has 0 bridgehead atoms. The highest BCUT2D eigenvalue weighted by molar-refractivity contribution is 14.0. The highest BCUT2D eigenvalue weighted by Gasteiger charge is 2.26. The zero-order chi connectivity index (χ0) is 21.1. The second kappa shape index (κ2) is 20.7. The molecule has 0 amide bonds. The summed E-state index contributed by atoms with van der Waals surface area (Å²) in [6.07, 6.45) is 22.6. The zero-order valence-electron chi connectivity index (χ0n) is 19.7. The van der Waals surface area contributed by atoms with Gasteiger partial charge < -0.3 is 19.7 Å². The molecule has 0 saturated carbocycles. The summed E-state index contributed by atoms with van der Waals surface area (Å²) in [5, 5.41) is 3.47. The molecular weight excluding hydrogens is 493 g/mol. The molecule has 29 heavy (non-hydrogen) atoms. The predicted octanol–water partition coefficient (Wildman–Crippen LogP) is 6.54. The van der Waals surface area contributed by atoms with Crippen LogP contribution in [0.1, 0.15) is 130 Å². The predicted molar refractivity (Wildman–Crippen MR) is 139 cm³/mol. The third-order valence-electron chi connectivity index (χ3n) is 5.70.